The molecule has 3 heteroatoms. The van der Waals surface area contributed by atoms with Crippen LogP contribution in [0.2, 0.25) is 0 Å². The summed E-state index contributed by atoms with van der Waals surface area (Å²) in [5.41, 5.74) is 6.21. The molecule has 3 nitrogen and oxygen atoms in total. The number of ether oxygens (including phenoxy) is 1. The van der Waals surface area contributed by atoms with Gasteiger partial charge in [0.2, 0.25) is 0 Å². The molecule has 82 valence electrons. The molecule has 1 aliphatic carbocycles. The van der Waals surface area contributed by atoms with E-state index in [2.05, 4.69) is 11.9 Å². The van der Waals surface area contributed by atoms with Gasteiger partial charge < -0.3 is 10.5 Å². The molecule has 1 aliphatic rings. The predicted octanol–water partition coefficient (Wildman–Crippen LogP) is 1.98. The summed E-state index contributed by atoms with van der Waals surface area (Å²) in [5.74, 6) is 1.53. The van der Waals surface area contributed by atoms with E-state index < -0.39 is 0 Å². The zero-order valence-corrected chi connectivity index (χ0v) is 9.15. The number of nitrogens with two attached hydrogens (primary N) is 1. The Labute approximate surface area is 90.7 Å². The highest BCUT2D eigenvalue weighted by Crippen LogP contribution is 2.43. The van der Waals surface area contributed by atoms with Crippen LogP contribution in [-0.2, 0) is 0 Å². The van der Waals surface area contributed by atoms with Gasteiger partial charge in [0.25, 0.3) is 0 Å². The second kappa shape index (κ2) is 4.19. The highest BCUT2D eigenvalue weighted by Gasteiger charge is 2.46. The van der Waals surface area contributed by atoms with Crippen LogP contribution in [0.1, 0.15) is 26.2 Å². The molecule has 1 saturated carbocycles. The third-order valence-electron chi connectivity index (χ3n) is 3.20. The SMILES string of the molecule is CC1CC1(N)CCCOc1cccnc1. The van der Waals surface area contributed by atoms with Gasteiger partial charge >= 0.3 is 0 Å². The zero-order valence-electron chi connectivity index (χ0n) is 9.15. The molecule has 15 heavy (non-hydrogen) atoms. The molecule has 0 radical (unpaired) electrons. The fraction of sp³-hybridized carbons (Fsp3) is 0.583. The first-order chi connectivity index (χ1) is 7.21. The van der Waals surface area contributed by atoms with Crippen molar-refractivity contribution in [2.75, 3.05) is 6.61 Å². The number of nitrogens with zero attached hydrogens (tertiary/aromatic N) is 1. The minimum atomic E-state index is 0.109. The summed E-state index contributed by atoms with van der Waals surface area (Å²) in [6, 6.07) is 3.80. The van der Waals surface area contributed by atoms with Crippen LogP contribution in [0, 0.1) is 5.92 Å². The molecule has 1 aromatic heterocycles. The lowest BCUT2D eigenvalue weighted by atomic mass is 10.1. The summed E-state index contributed by atoms with van der Waals surface area (Å²) in [6.07, 6.45) is 6.73. The van der Waals surface area contributed by atoms with Gasteiger partial charge in [-0.05, 0) is 37.3 Å². The van der Waals surface area contributed by atoms with E-state index in [0.717, 1.165) is 25.2 Å². The molecule has 1 aromatic rings. The van der Waals surface area contributed by atoms with E-state index in [4.69, 9.17) is 10.5 Å². The highest BCUT2D eigenvalue weighted by molar-refractivity contribution is 5.15. The summed E-state index contributed by atoms with van der Waals surface area (Å²) in [7, 11) is 0. The molecule has 0 spiro atoms. The van der Waals surface area contributed by atoms with E-state index in [0.29, 0.717) is 5.92 Å². The Morgan fingerprint density at radius 1 is 1.67 bits per heavy atom. The maximum Gasteiger partial charge on any atom is 0.137 e. The molecule has 1 heterocycles. The molecule has 2 N–H and O–H groups in total. The van der Waals surface area contributed by atoms with Crippen molar-refractivity contribution in [3.8, 4) is 5.75 Å². The lowest BCUT2D eigenvalue weighted by molar-refractivity contribution is 0.296. The Balaban J connectivity index is 1.64. The van der Waals surface area contributed by atoms with Gasteiger partial charge in [-0.25, -0.2) is 0 Å². The monoisotopic (exact) mass is 206 g/mol. The molecule has 0 bridgehead atoms. The maximum atomic E-state index is 6.10. The highest BCUT2D eigenvalue weighted by atomic mass is 16.5. The molecular weight excluding hydrogens is 188 g/mol. The minimum Gasteiger partial charge on any atom is -0.492 e. The normalized spacial score (nSPS) is 28.8. The van der Waals surface area contributed by atoms with Crippen molar-refractivity contribution < 1.29 is 4.74 Å². The number of pyridine rings is 1. The third kappa shape index (κ3) is 2.69. The van der Waals surface area contributed by atoms with Crippen LogP contribution in [0.4, 0.5) is 0 Å². The summed E-state index contributed by atoms with van der Waals surface area (Å²) in [4.78, 5) is 3.99. The predicted molar refractivity (Wildman–Crippen MR) is 59.7 cm³/mol. The number of rotatable bonds is 5. The summed E-state index contributed by atoms with van der Waals surface area (Å²) in [5, 5.41) is 0. The Hall–Kier alpha value is -1.09. The first-order valence-corrected chi connectivity index (χ1v) is 5.52. The van der Waals surface area contributed by atoms with Crippen molar-refractivity contribution in [1.82, 2.24) is 4.98 Å². The van der Waals surface area contributed by atoms with Gasteiger partial charge in [0.1, 0.15) is 5.75 Å². The van der Waals surface area contributed by atoms with Crippen LogP contribution in [0.25, 0.3) is 0 Å². The van der Waals surface area contributed by atoms with Gasteiger partial charge in [-0.1, -0.05) is 6.92 Å². The van der Waals surface area contributed by atoms with E-state index in [1.165, 1.54) is 6.42 Å². The Kier molecular flexibility index (Phi) is 2.91. The van der Waals surface area contributed by atoms with Crippen molar-refractivity contribution in [2.24, 2.45) is 11.7 Å². The van der Waals surface area contributed by atoms with Gasteiger partial charge in [0.05, 0.1) is 12.8 Å². The number of hydrogen-bond donors (Lipinski definition) is 1. The van der Waals surface area contributed by atoms with Gasteiger partial charge in [-0.2, -0.15) is 0 Å². The largest absolute Gasteiger partial charge is 0.492 e. The molecule has 1 fully saturated rings. The topological polar surface area (TPSA) is 48.1 Å². The van der Waals surface area contributed by atoms with Crippen molar-refractivity contribution >= 4 is 0 Å². The molecule has 2 atom stereocenters. The Morgan fingerprint density at radius 2 is 2.47 bits per heavy atom. The van der Waals surface area contributed by atoms with Crippen molar-refractivity contribution in [3.05, 3.63) is 24.5 Å². The second-order valence-electron chi connectivity index (χ2n) is 4.48. The van der Waals surface area contributed by atoms with Crippen LogP contribution in [0.5, 0.6) is 5.75 Å². The number of hydrogen-bond acceptors (Lipinski definition) is 3. The van der Waals surface area contributed by atoms with Crippen LogP contribution in [-0.4, -0.2) is 17.1 Å². The van der Waals surface area contributed by atoms with Crippen LogP contribution in [0.15, 0.2) is 24.5 Å². The maximum absolute atomic E-state index is 6.10. The first-order valence-electron chi connectivity index (χ1n) is 5.52. The molecule has 0 amide bonds. The molecule has 0 aromatic carbocycles. The Bertz CT molecular complexity index is 315. The van der Waals surface area contributed by atoms with Crippen LogP contribution >= 0.6 is 0 Å². The van der Waals surface area contributed by atoms with Gasteiger partial charge in [0, 0.05) is 11.7 Å². The van der Waals surface area contributed by atoms with Gasteiger partial charge in [0.15, 0.2) is 0 Å². The van der Waals surface area contributed by atoms with Crippen LogP contribution < -0.4 is 10.5 Å². The quantitative estimate of drug-likeness (QED) is 0.749. The second-order valence-corrected chi connectivity index (χ2v) is 4.48. The van der Waals surface area contributed by atoms with E-state index in [-0.39, 0.29) is 5.54 Å². The fourth-order valence-electron chi connectivity index (χ4n) is 1.88. The van der Waals surface area contributed by atoms with Crippen molar-refractivity contribution in [2.45, 2.75) is 31.7 Å². The molecule has 0 aliphatic heterocycles. The fourth-order valence-corrected chi connectivity index (χ4v) is 1.88. The lowest BCUT2D eigenvalue weighted by Gasteiger charge is -2.10. The van der Waals surface area contributed by atoms with E-state index >= 15 is 0 Å². The van der Waals surface area contributed by atoms with Gasteiger partial charge in [-0.3, -0.25) is 4.98 Å². The van der Waals surface area contributed by atoms with E-state index in [1.54, 1.807) is 12.4 Å². The number of aromatic nitrogens is 1. The third-order valence-corrected chi connectivity index (χ3v) is 3.20. The molecule has 2 rings (SSSR count). The molecule has 2 unspecified atom stereocenters. The average Bonchev–Trinajstić information content (AvgIpc) is 2.84. The van der Waals surface area contributed by atoms with Crippen LogP contribution in [0.3, 0.4) is 0 Å². The summed E-state index contributed by atoms with van der Waals surface area (Å²) >= 11 is 0. The van der Waals surface area contributed by atoms with Crippen molar-refractivity contribution in [3.63, 3.8) is 0 Å². The average molecular weight is 206 g/mol. The lowest BCUT2D eigenvalue weighted by Crippen LogP contribution is -2.24. The molecule has 0 saturated heterocycles. The minimum absolute atomic E-state index is 0.109. The summed E-state index contributed by atoms with van der Waals surface area (Å²) in [6.45, 7) is 2.94. The smallest absolute Gasteiger partial charge is 0.137 e. The summed E-state index contributed by atoms with van der Waals surface area (Å²) < 4.78 is 5.55. The van der Waals surface area contributed by atoms with Gasteiger partial charge in [-0.15, -0.1) is 0 Å². The van der Waals surface area contributed by atoms with Crippen molar-refractivity contribution in [1.29, 1.82) is 0 Å². The van der Waals surface area contributed by atoms with E-state index in [1.807, 2.05) is 12.1 Å². The molecular formula is C12H18N2O. The van der Waals surface area contributed by atoms with E-state index in [9.17, 15) is 0 Å². The zero-order chi connectivity index (χ0) is 10.7. The standard InChI is InChI=1S/C12H18N2O/c1-10-8-12(10,13)5-3-7-15-11-4-2-6-14-9-11/h2,4,6,9-10H,3,5,7-8,13H2,1H3. The first kappa shape index (κ1) is 10.4. The Morgan fingerprint density at radius 3 is 3.07 bits per heavy atom.